The quantitative estimate of drug-likeness (QED) is 0.857. The highest BCUT2D eigenvalue weighted by molar-refractivity contribution is 7.10. The summed E-state index contributed by atoms with van der Waals surface area (Å²) in [6.45, 7) is 4.33. The van der Waals surface area contributed by atoms with Crippen LogP contribution in [0.2, 0.25) is 0 Å². The highest BCUT2D eigenvalue weighted by atomic mass is 32.1. The minimum Gasteiger partial charge on any atom is -0.309 e. The van der Waals surface area contributed by atoms with Crippen molar-refractivity contribution in [3.05, 3.63) is 43.8 Å². The monoisotopic (exact) mass is 237 g/mol. The number of hydrogen-bond donors (Lipinski definition) is 1. The minimum absolute atomic E-state index is 0.348. The number of aryl methyl sites for hydroxylation is 2. The van der Waals surface area contributed by atoms with E-state index in [-0.39, 0.29) is 0 Å². The van der Waals surface area contributed by atoms with E-state index < -0.39 is 0 Å². The molecule has 0 spiro atoms. The van der Waals surface area contributed by atoms with E-state index in [1.165, 1.54) is 21.6 Å². The summed E-state index contributed by atoms with van der Waals surface area (Å²) < 4.78 is 0. The molecular weight excluding hydrogens is 222 g/mol. The summed E-state index contributed by atoms with van der Waals surface area (Å²) in [6.07, 6.45) is 0. The summed E-state index contributed by atoms with van der Waals surface area (Å²) in [4.78, 5) is 1.37. The first-order valence-electron chi connectivity index (χ1n) is 4.97. The van der Waals surface area contributed by atoms with Crippen LogP contribution in [0.4, 0.5) is 0 Å². The highest BCUT2D eigenvalue weighted by Crippen LogP contribution is 2.29. The van der Waals surface area contributed by atoms with Crippen LogP contribution >= 0.6 is 22.7 Å². The Hall–Kier alpha value is -0.640. The van der Waals surface area contributed by atoms with Crippen molar-refractivity contribution in [3.8, 4) is 0 Å². The SMILES string of the molecule is CNC(c1csc(C)c1)c1cscc1C. The average molecular weight is 237 g/mol. The van der Waals surface area contributed by atoms with Gasteiger partial charge in [-0.25, -0.2) is 0 Å². The molecule has 0 bridgehead atoms. The lowest BCUT2D eigenvalue weighted by molar-refractivity contribution is 0.692. The van der Waals surface area contributed by atoms with Crippen molar-refractivity contribution in [3.63, 3.8) is 0 Å². The van der Waals surface area contributed by atoms with Gasteiger partial charge >= 0.3 is 0 Å². The fraction of sp³-hybridized carbons (Fsp3) is 0.333. The van der Waals surface area contributed by atoms with Crippen LogP contribution in [0.15, 0.2) is 22.2 Å². The maximum Gasteiger partial charge on any atom is 0.0593 e. The Labute approximate surface area is 98.8 Å². The third-order valence-electron chi connectivity index (χ3n) is 2.58. The molecule has 0 saturated heterocycles. The first-order valence-corrected chi connectivity index (χ1v) is 6.79. The topological polar surface area (TPSA) is 12.0 Å². The van der Waals surface area contributed by atoms with Crippen molar-refractivity contribution < 1.29 is 0 Å². The Morgan fingerprint density at radius 1 is 1.20 bits per heavy atom. The smallest absolute Gasteiger partial charge is 0.0593 e. The first-order chi connectivity index (χ1) is 7.22. The Bertz CT molecular complexity index is 442. The molecule has 2 rings (SSSR count). The summed E-state index contributed by atoms with van der Waals surface area (Å²) in [6, 6.07) is 2.62. The molecule has 15 heavy (non-hydrogen) atoms. The van der Waals surface area contributed by atoms with Gasteiger partial charge < -0.3 is 5.32 Å². The van der Waals surface area contributed by atoms with E-state index in [0.717, 1.165) is 0 Å². The molecule has 1 unspecified atom stereocenters. The third kappa shape index (κ3) is 2.14. The Morgan fingerprint density at radius 2 is 2.00 bits per heavy atom. The van der Waals surface area contributed by atoms with E-state index in [0.29, 0.717) is 6.04 Å². The number of thiophene rings is 2. The van der Waals surface area contributed by atoms with Crippen molar-refractivity contribution in [2.24, 2.45) is 0 Å². The van der Waals surface area contributed by atoms with Gasteiger partial charge in [0.25, 0.3) is 0 Å². The van der Waals surface area contributed by atoms with Gasteiger partial charge in [0.05, 0.1) is 6.04 Å². The van der Waals surface area contributed by atoms with Crippen LogP contribution in [0.1, 0.15) is 27.6 Å². The average Bonchev–Trinajstić information content (AvgIpc) is 2.79. The van der Waals surface area contributed by atoms with Gasteiger partial charge in [-0.3, -0.25) is 0 Å². The van der Waals surface area contributed by atoms with Gasteiger partial charge in [-0.2, -0.15) is 11.3 Å². The van der Waals surface area contributed by atoms with Gasteiger partial charge in [0.2, 0.25) is 0 Å². The van der Waals surface area contributed by atoms with Crippen molar-refractivity contribution in [1.29, 1.82) is 0 Å². The van der Waals surface area contributed by atoms with Crippen molar-refractivity contribution >= 4 is 22.7 Å². The zero-order chi connectivity index (χ0) is 10.8. The molecule has 3 heteroatoms. The van der Waals surface area contributed by atoms with Crippen LogP contribution in [0.3, 0.4) is 0 Å². The molecule has 0 fully saturated rings. The zero-order valence-electron chi connectivity index (χ0n) is 9.20. The molecule has 1 nitrogen and oxygen atoms in total. The molecule has 0 aliphatic carbocycles. The van der Waals surface area contributed by atoms with Gasteiger partial charge in [0.15, 0.2) is 0 Å². The maximum absolute atomic E-state index is 3.39. The molecule has 0 saturated carbocycles. The van der Waals surface area contributed by atoms with Crippen LogP contribution in [0.25, 0.3) is 0 Å². The van der Waals surface area contributed by atoms with E-state index in [1.807, 2.05) is 18.4 Å². The lowest BCUT2D eigenvalue weighted by Gasteiger charge is -2.14. The predicted molar refractivity (Wildman–Crippen MR) is 69.0 cm³/mol. The first kappa shape index (κ1) is 10.9. The highest BCUT2D eigenvalue weighted by Gasteiger charge is 2.15. The van der Waals surface area contributed by atoms with E-state index in [2.05, 4.69) is 41.4 Å². The van der Waals surface area contributed by atoms with Crippen LogP contribution < -0.4 is 5.32 Å². The zero-order valence-corrected chi connectivity index (χ0v) is 10.8. The molecule has 0 radical (unpaired) electrons. The summed E-state index contributed by atoms with van der Waals surface area (Å²) in [5.41, 5.74) is 4.16. The van der Waals surface area contributed by atoms with Gasteiger partial charge in [-0.15, -0.1) is 11.3 Å². The molecule has 2 aromatic heterocycles. The summed E-state index contributed by atoms with van der Waals surface area (Å²) in [7, 11) is 2.02. The normalized spacial score (nSPS) is 13.0. The van der Waals surface area contributed by atoms with E-state index in [1.54, 1.807) is 11.3 Å². The Balaban J connectivity index is 2.36. The summed E-state index contributed by atoms with van der Waals surface area (Å²) in [5, 5.41) is 10.1. The van der Waals surface area contributed by atoms with E-state index >= 15 is 0 Å². The molecular formula is C12H15NS2. The molecule has 0 aliphatic heterocycles. The fourth-order valence-electron chi connectivity index (χ4n) is 1.78. The van der Waals surface area contributed by atoms with Crippen LogP contribution in [0.5, 0.6) is 0 Å². The van der Waals surface area contributed by atoms with Gasteiger partial charge in [-0.05, 0) is 59.8 Å². The third-order valence-corrected chi connectivity index (χ3v) is 4.34. The van der Waals surface area contributed by atoms with Crippen LogP contribution in [-0.4, -0.2) is 7.05 Å². The van der Waals surface area contributed by atoms with Gasteiger partial charge in [0, 0.05) is 4.88 Å². The standard InChI is InChI=1S/C12H15NS2/c1-8-5-14-7-11(8)12(13-3)10-4-9(2)15-6-10/h4-7,12-13H,1-3H3. The maximum atomic E-state index is 3.39. The molecule has 80 valence electrons. The van der Waals surface area contributed by atoms with E-state index in [9.17, 15) is 0 Å². The summed E-state index contributed by atoms with van der Waals surface area (Å²) in [5.74, 6) is 0. The lowest BCUT2D eigenvalue weighted by Crippen LogP contribution is -2.17. The molecule has 0 aromatic carbocycles. The van der Waals surface area contributed by atoms with Crippen LogP contribution in [-0.2, 0) is 0 Å². The molecule has 1 N–H and O–H groups in total. The summed E-state index contributed by atoms with van der Waals surface area (Å²) >= 11 is 3.59. The number of nitrogens with one attached hydrogen (secondary N) is 1. The largest absolute Gasteiger partial charge is 0.309 e. The number of rotatable bonds is 3. The van der Waals surface area contributed by atoms with Crippen molar-refractivity contribution in [1.82, 2.24) is 5.32 Å². The lowest BCUT2D eigenvalue weighted by atomic mass is 10.0. The van der Waals surface area contributed by atoms with Crippen molar-refractivity contribution in [2.45, 2.75) is 19.9 Å². The predicted octanol–water partition coefficient (Wildman–Crippen LogP) is 3.74. The molecule has 0 aliphatic rings. The van der Waals surface area contributed by atoms with Crippen molar-refractivity contribution in [2.75, 3.05) is 7.05 Å². The van der Waals surface area contributed by atoms with Gasteiger partial charge in [-0.1, -0.05) is 0 Å². The Kier molecular flexibility index (Phi) is 3.24. The second-order valence-electron chi connectivity index (χ2n) is 3.72. The second-order valence-corrected chi connectivity index (χ2v) is 5.58. The minimum atomic E-state index is 0.348. The van der Waals surface area contributed by atoms with Gasteiger partial charge in [0.1, 0.15) is 0 Å². The molecule has 2 heterocycles. The van der Waals surface area contributed by atoms with Crippen LogP contribution in [0, 0.1) is 13.8 Å². The second kappa shape index (κ2) is 4.47. The van der Waals surface area contributed by atoms with E-state index in [4.69, 9.17) is 0 Å². The fourth-order valence-corrected chi connectivity index (χ4v) is 3.39. The Morgan fingerprint density at radius 3 is 2.47 bits per heavy atom. The molecule has 0 amide bonds. The number of hydrogen-bond acceptors (Lipinski definition) is 3. The molecule has 1 atom stereocenters. The molecule has 2 aromatic rings.